The summed E-state index contributed by atoms with van der Waals surface area (Å²) < 4.78 is 57.8. The number of carbonyl (C=O) groups excluding carboxylic acids is 3. The van der Waals surface area contributed by atoms with E-state index in [0.717, 1.165) is 36.8 Å². The Labute approximate surface area is 261 Å². The molecule has 0 aliphatic carbocycles. The van der Waals surface area contributed by atoms with E-state index in [4.69, 9.17) is 18.9 Å². The van der Waals surface area contributed by atoms with E-state index in [1.807, 2.05) is 19.1 Å². The molecule has 0 N–H and O–H groups in total. The Morgan fingerprint density at radius 3 is 1.91 bits per heavy atom. The predicted molar refractivity (Wildman–Crippen MR) is 163 cm³/mol. The fraction of sp³-hybridized carbons (Fsp3) is 0.400. The third-order valence-electron chi connectivity index (χ3n) is 6.81. The van der Waals surface area contributed by atoms with Gasteiger partial charge in [-0.1, -0.05) is 50.5 Å². The number of unbranched alkanes of at least 4 members (excludes halogenated alkanes) is 3. The lowest BCUT2D eigenvalue weighted by Gasteiger charge is -2.13. The number of rotatable bonds is 17. The maximum absolute atomic E-state index is 12.7. The van der Waals surface area contributed by atoms with E-state index in [2.05, 4.69) is 6.92 Å². The second kappa shape index (κ2) is 17.8. The Balaban J connectivity index is 1.41. The fourth-order valence-electron chi connectivity index (χ4n) is 4.29. The number of halogens is 3. The van der Waals surface area contributed by atoms with Crippen molar-refractivity contribution >= 4 is 17.9 Å². The third kappa shape index (κ3) is 13.0. The van der Waals surface area contributed by atoms with Gasteiger partial charge in [0.2, 0.25) is 0 Å². The number of hydrogen-bond donors (Lipinski definition) is 0. The quantitative estimate of drug-likeness (QED) is 0.0839. The summed E-state index contributed by atoms with van der Waals surface area (Å²) in [6.07, 6.45) is -0.811. The molecule has 1 atom stereocenters. The first-order valence-corrected chi connectivity index (χ1v) is 15.1. The number of alkyl halides is 3. The third-order valence-corrected chi connectivity index (χ3v) is 6.81. The fourth-order valence-corrected chi connectivity index (χ4v) is 4.29. The van der Waals surface area contributed by atoms with Crippen LogP contribution in [0.1, 0.15) is 85.9 Å². The number of benzene rings is 3. The Kier molecular flexibility index (Phi) is 13.9. The maximum atomic E-state index is 12.7. The summed E-state index contributed by atoms with van der Waals surface area (Å²) in [6.45, 7) is 4.24. The predicted octanol–water partition coefficient (Wildman–Crippen LogP) is 8.74. The summed E-state index contributed by atoms with van der Waals surface area (Å²) in [5, 5.41) is 0. The second-order valence-electron chi connectivity index (χ2n) is 10.6. The van der Waals surface area contributed by atoms with Crippen LogP contribution < -0.4 is 9.47 Å². The zero-order chi connectivity index (χ0) is 32.7. The van der Waals surface area contributed by atoms with E-state index in [9.17, 15) is 27.6 Å². The molecule has 0 saturated carbocycles. The van der Waals surface area contributed by atoms with Crippen molar-refractivity contribution in [3.8, 4) is 22.6 Å². The molecule has 45 heavy (non-hydrogen) atoms. The summed E-state index contributed by atoms with van der Waals surface area (Å²) in [5.74, 6) is -0.939. The zero-order valence-electron chi connectivity index (χ0n) is 25.6. The minimum absolute atomic E-state index is 0.0256. The summed E-state index contributed by atoms with van der Waals surface area (Å²) in [5.41, 5.74) is 2.50. The highest BCUT2D eigenvalue weighted by atomic mass is 19.4. The van der Waals surface area contributed by atoms with Gasteiger partial charge in [-0.3, -0.25) is 4.79 Å². The van der Waals surface area contributed by atoms with Crippen LogP contribution in [-0.2, 0) is 14.3 Å². The molecule has 0 heterocycles. The SMILES string of the molecule is CCCCCC[C@H](C)OC(=O)c1ccc(OC(=O)c2ccc(-c3ccc(OCCCOC(=O)CCC(F)(F)F)cc3)cc2)cc1. The van der Waals surface area contributed by atoms with E-state index in [0.29, 0.717) is 29.0 Å². The van der Waals surface area contributed by atoms with Gasteiger partial charge >= 0.3 is 24.1 Å². The van der Waals surface area contributed by atoms with Crippen LogP contribution in [0.2, 0.25) is 0 Å². The molecule has 0 saturated heterocycles. The molecule has 10 heteroatoms. The topological polar surface area (TPSA) is 88.1 Å². The van der Waals surface area contributed by atoms with Crippen molar-refractivity contribution < 1.29 is 46.5 Å². The molecule has 3 rings (SSSR count). The van der Waals surface area contributed by atoms with Gasteiger partial charge in [-0.05, 0) is 79.4 Å². The van der Waals surface area contributed by atoms with Gasteiger partial charge in [0.15, 0.2) is 0 Å². The number of hydrogen-bond acceptors (Lipinski definition) is 7. The molecular weight excluding hydrogens is 589 g/mol. The number of carbonyl (C=O) groups is 3. The van der Waals surface area contributed by atoms with Gasteiger partial charge in [0.1, 0.15) is 11.5 Å². The lowest BCUT2D eigenvalue weighted by Crippen LogP contribution is -2.15. The average Bonchev–Trinajstić information content (AvgIpc) is 3.02. The van der Waals surface area contributed by atoms with Crippen LogP contribution in [0.25, 0.3) is 11.1 Å². The van der Waals surface area contributed by atoms with Crippen molar-refractivity contribution in [1.82, 2.24) is 0 Å². The summed E-state index contributed by atoms with van der Waals surface area (Å²) in [6, 6.07) is 20.4. The van der Waals surface area contributed by atoms with Gasteiger partial charge in [-0.25, -0.2) is 9.59 Å². The molecule has 0 spiro atoms. The molecule has 0 fully saturated rings. The smallest absolute Gasteiger partial charge is 0.389 e. The summed E-state index contributed by atoms with van der Waals surface area (Å²) >= 11 is 0. The molecule has 0 radical (unpaired) electrons. The monoisotopic (exact) mass is 628 g/mol. The average molecular weight is 629 g/mol. The van der Waals surface area contributed by atoms with Gasteiger partial charge in [-0.15, -0.1) is 0 Å². The van der Waals surface area contributed by atoms with E-state index in [1.54, 1.807) is 60.7 Å². The standard InChI is InChI=1S/C35H39F3O7/c1-3-4-5-6-8-25(2)44-33(40)29-15-19-31(20-16-29)45-34(41)28-11-9-26(10-12-28)27-13-17-30(18-14-27)42-23-7-24-43-32(39)21-22-35(36,37)38/h9-20,25H,3-8,21-24H2,1-2H3/t25-/m0/s1. The van der Waals surface area contributed by atoms with Gasteiger partial charge in [0.25, 0.3) is 0 Å². The van der Waals surface area contributed by atoms with Gasteiger partial charge in [0.05, 0.1) is 43.3 Å². The minimum Gasteiger partial charge on any atom is -0.493 e. The van der Waals surface area contributed by atoms with Gasteiger partial charge in [-0.2, -0.15) is 13.2 Å². The highest BCUT2D eigenvalue weighted by Crippen LogP contribution is 2.24. The normalized spacial score (nSPS) is 11.8. The Bertz CT molecular complexity index is 1350. The minimum atomic E-state index is -4.39. The first-order valence-electron chi connectivity index (χ1n) is 15.1. The van der Waals surface area contributed by atoms with Crippen LogP contribution in [-0.4, -0.2) is 43.4 Å². The van der Waals surface area contributed by atoms with Crippen LogP contribution in [0.15, 0.2) is 72.8 Å². The number of ether oxygens (including phenoxy) is 4. The van der Waals surface area contributed by atoms with Gasteiger partial charge < -0.3 is 18.9 Å². The zero-order valence-corrected chi connectivity index (χ0v) is 25.6. The van der Waals surface area contributed by atoms with Gasteiger partial charge in [0, 0.05) is 6.42 Å². The second-order valence-corrected chi connectivity index (χ2v) is 10.6. The molecule has 0 aliphatic heterocycles. The first kappa shape index (κ1) is 35.1. The van der Waals surface area contributed by atoms with Crippen molar-refractivity contribution in [2.75, 3.05) is 13.2 Å². The molecular formula is C35H39F3O7. The molecule has 0 aliphatic rings. The molecule has 242 valence electrons. The Hall–Kier alpha value is -4.34. The van der Waals surface area contributed by atoms with Crippen molar-refractivity contribution in [3.05, 3.63) is 83.9 Å². The highest BCUT2D eigenvalue weighted by molar-refractivity contribution is 5.92. The highest BCUT2D eigenvalue weighted by Gasteiger charge is 2.28. The van der Waals surface area contributed by atoms with Crippen LogP contribution in [0.4, 0.5) is 13.2 Å². The molecule has 3 aromatic rings. The lowest BCUT2D eigenvalue weighted by atomic mass is 10.0. The van der Waals surface area contributed by atoms with Crippen LogP contribution in [0, 0.1) is 0 Å². The van der Waals surface area contributed by atoms with Crippen LogP contribution >= 0.6 is 0 Å². The summed E-state index contributed by atoms with van der Waals surface area (Å²) in [4.78, 5) is 36.4. The van der Waals surface area contributed by atoms with E-state index in [-0.39, 0.29) is 19.3 Å². The Morgan fingerprint density at radius 2 is 1.29 bits per heavy atom. The molecule has 0 unspecified atom stereocenters. The van der Waals surface area contributed by atoms with Crippen LogP contribution in [0.5, 0.6) is 11.5 Å². The molecule has 0 aromatic heterocycles. The van der Waals surface area contributed by atoms with Crippen molar-refractivity contribution in [3.63, 3.8) is 0 Å². The van der Waals surface area contributed by atoms with E-state index in [1.165, 1.54) is 6.42 Å². The number of esters is 3. The summed E-state index contributed by atoms with van der Waals surface area (Å²) in [7, 11) is 0. The van der Waals surface area contributed by atoms with Crippen LogP contribution in [0.3, 0.4) is 0 Å². The molecule has 0 bridgehead atoms. The Morgan fingerprint density at radius 1 is 0.711 bits per heavy atom. The molecule has 3 aromatic carbocycles. The first-order chi connectivity index (χ1) is 21.5. The molecule has 0 amide bonds. The van der Waals surface area contributed by atoms with Crippen molar-refractivity contribution in [2.45, 2.75) is 77.5 Å². The van der Waals surface area contributed by atoms with Crippen molar-refractivity contribution in [2.24, 2.45) is 0 Å². The van der Waals surface area contributed by atoms with E-state index >= 15 is 0 Å². The van der Waals surface area contributed by atoms with E-state index < -0.39 is 36.9 Å². The largest absolute Gasteiger partial charge is 0.493 e. The maximum Gasteiger partial charge on any atom is 0.389 e. The molecule has 7 nitrogen and oxygen atoms in total. The van der Waals surface area contributed by atoms with Crippen molar-refractivity contribution in [1.29, 1.82) is 0 Å². The lowest BCUT2D eigenvalue weighted by molar-refractivity contribution is -0.157.